The number of hydrogen-bond donors (Lipinski definition) is 1. The van der Waals surface area contributed by atoms with Crippen molar-refractivity contribution < 1.29 is 9.47 Å². The maximum Gasteiger partial charge on any atom is 0.171 e. The lowest BCUT2D eigenvalue weighted by atomic mass is 10.2. The molecule has 0 atom stereocenters. The predicted molar refractivity (Wildman–Crippen MR) is 40.9 cm³/mol. The van der Waals surface area contributed by atoms with Crippen LogP contribution in [0.25, 0.3) is 0 Å². The van der Waals surface area contributed by atoms with Crippen LogP contribution in [-0.4, -0.2) is 7.05 Å². The Balaban J connectivity index is 2.66. The quantitative estimate of drug-likeness (QED) is 0.716. The number of nitrogens with one attached hydrogen (secondary N) is 1. The van der Waals surface area contributed by atoms with Crippen LogP contribution in [0.15, 0.2) is 24.3 Å². The minimum absolute atomic E-state index is 0.241. The molecule has 0 saturated heterocycles. The summed E-state index contributed by atoms with van der Waals surface area (Å²) in [5.74, 6) is 0.241. The van der Waals surface area contributed by atoms with Gasteiger partial charge >= 0.3 is 0 Å². The van der Waals surface area contributed by atoms with Gasteiger partial charge in [-0.3, -0.25) is 4.94 Å². The van der Waals surface area contributed by atoms with Crippen molar-refractivity contribution in [2.24, 2.45) is 0 Å². The van der Waals surface area contributed by atoms with Crippen LogP contribution < -0.4 is 10.3 Å². The lowest BCUT2D eigenvalue weighted by Crippen LogP contribution is -2.04. The van der Waals surface area contributed by atoms with Crippen molar-refractivity contribution in [3.8, 4) is 5.75 Å². The molecule has 0 amide bonds. The molecular formula is C8H10FNO. The summed E-state index contributed by atoms with van der Waals surface area (Å²) in [4.78, 5) is 3.53. The van der Waals surface area contributed by atoms with Gasteiger partial charge < -0.3 is 5.32 Å². The third kappa shape index (κ3) is 2.20. The third-order valence-corrected chi connectivity index (χ3v) is 1.39. The normalized spacial score (nSPS) is 9.64. The second kappa shape index (κ2) is 3.93. The second-order valence-corrected chi connectivity index (χ2v) is 2.25. The Kier molecular flexibility index (Phi) is 2.86. The second-order valence-electron chi connectivity index (χ2n) is 2.25. The Morgan fingerprint density at radius 2 is 2.00 bits per heavy atom. The van der Waals surface area contributed by atoms with Gasteiger partial charge in [-0.05, 0) is 24.7 Å². The SMILES string of the molecule is CNCc1ccc(OF)cc1. The molecule has 0 heterocycles. The van der Waals surface area contributed by atoms with Gasteiger partial charge in [0.15, 0.2) is 5.75 Å². The standard InChI is InChI=1S/C8H10FNO/c1-10-6-7-2-4-8(11-9)5-3-7/h2-5,10H,6H2,1H3. The maximum absolute atomic E-state index is 11.5. The minimum Gasteiger partial charge on any atom is -0.316 e. The molecule has 1 aromatic rings. The molecule has 2 nitrogen and oxygen atoms in total. The van der Waals surface area contributed by atoms with Gasteiger partial charge in [0.2, 0.25) is 0 Å². The molecule has 11 heavy (non-hydrogen) atoms. The van der Waals surface area contributed by atoms with E-state index in [0.717, 1.165) is 12.1 Å². The average molecular weight is 155 g/mol. The first-order chi connectivity index (χ1) is 5.36. The number of benzene rings is 1. The molecule has 0 radical (unpaired) electrons. The summed E-state index contributed by atoms with van der Waals surface area (Å²) < 4.78 is 11.5. The number of hydrogen-bond acceptors (Lipinski definition) is 2. The zero-order valence-corrected chi connectivity index (χ0v) is 6.30. The van der Waals surface area contributed by atoms with Crippen molar-refractivity contribution in [1.29, 1.82) is 0 Å². The molecule has 0 aromatic heterocycles. The van der Waals surface area contributed by atoms with E-state index in [2.05, 4.69) is 10.3 Å². The summed E-state index contributed by atoms with van der Waals surface area (Å²) in [5, 5.41) is 2.99. The molecule has 3 heteroatoms. The van der Waals surface area contributed by atoms with E-state index >= 15 is 0 Å². The van der Waals surface area contributed by atoms with Gasteiger partial charge in [0, 0.05) is 11.1 Å². The van der Waals surface area contributed by atoms with Crippen molar-refractivity contribution in [3.63, 3.8) is 0 Å². The fraction of sp³-hybridized carbons (Fsp3) is 0.250. The first-order valence-corrected chi connectivity index (χ1v) is 3.39. The smallest absolute Gasteiger partial charge is 0.171 e. The van der Waals surface area contributed by atoms with Crippen molar-refractivity contribution in [2.45, 2.75) is 6.54 Å². The molecule has 0 aliphatic rings. The Labute approximate surface area is 64.9 Å². The fourth-order valence-electron chi connectivity index (χ4n) is 0.863. The van der Waals surface area contributed by atoms with Crippen molar-refractivity contribution in [1.82, 2.24) is 5.32 Å². The van der Waals surface area contributed by atoms with Crippen LogP contribution in [-0.2, 0) is 6.54 Å². The van der Waals surface area contributed by atoms with E-state index in [9.17, 15) is 4.53 Å². The monoisotopic (exact) mass is 155 g/mol. The Morgan fingerprint density at radius 3 is 2.45 bits per heavy atom. The largest absolute Gasteiger partial charge is 0.316 e. The molecule has 0 bridgehead atoms. The molecule has 1 aromatic carbocycles. The number of rotatable bonds is 3. The first kappa shape index (κ1) is 8.01. The van der Waals surface area contributed by atoms with Crippen molar-refractivity contribution in [2.75, 3.05) is 7.05 Å². The van der Waals surface area contributed by atoms with E-state index in [4.69, 9.17) is 0 Å². The topological polar surface area (TPSA) is 21.3 Å². The average Bonchev–Trinajstić information content (AvgIpc) is 2.07. The summed E-state index contributed by atoms with van der Waals surface area (Å²) in [6, 6.07) is 6.80. The zero-order valence-electron chi connectivity index (χ0n) is 6.30. The van der Waals surface area contributed by atoms with E-state index < -0.39 is 0 Å². The highest BCUT2D eigenvalue weighted by Gasteiger charge is 1.93. The highest BCUT2D eigenvalue weighted by atomic mass is 19.3. The van der Waals surface area contributed by atoms with Crippen molar-refractivity contribution in [3.05, 3.63) is 29.8 Å². The molecule has 0 aliphatic carbocycles. The molecule has 0 unspecified atom stereocenters. The highest BCUT2D eigenvalue weighted by Crippen LogP contribution is 2.11. The van der Waals surface area contributed by atoms with Gasteiger partial charge in [0.25, 0.3) is 0 Å². The Morgan fingerprint density at radius 1 is 1.36 bits per heavy atom. The minimum atomic E-state index is 0.241. The van der Waals surface area contributed by atoms with Crippen LogP contribution in [0.5, 0.6) is 5.75 Å². The van der Waals surface area contributed by atoms with E-state index in [1.165, 1.54) is 0 Å². The summed E-state index contributed by atoms with van der Waals surface area (Å²) in [6.07, 6.45) is 0. The van der Waals surface area contributed by atoms with Crippen LogP contribution in [0, 0.1) is 0 Å². The van der Waals surface area contributed by atoms with Crippen LogP contribution in [0.4, 0.5) is 4.53 Å². The summed E-state index contributed by atoms with van der Waals surface area (Å²) >= 11 is 0. The third-order valence-electron chi connectivity index (χ3n) is 1.39. The fourth-order valence-corrected chi connectivity index (χ4v) is 0.863. The Bertz CT molecular complexity index is 210. The van der Waals surface area contributed by atoms with Crippen LogP contribution in [0.3, 0.4) is 0 Å². The lowest BCUT2D eigenvalue weighted by Gasteiger charge is -1.98. The maximum atomic E-state index is 11.5. The van der Waals surface area contributed by atoms with Crippen LogP contribution in [0.2, 0.25) is 0 Å². The van der Waals surface area contributed by atoms with Crippen LogP contribution in [0.1, 0.15) is 5.56 Å². The molecule has 60 valence electrons. The van der Waals surface area contributed by atoms with E-state index in [0.29, 0.717) is 0 Å². The first-order valence-electron chi connectivity index (χ1n) is 3.39. The summed E-state index contributed by atoms with van der Waals surface area (Å²) in [5.41, 5.74) is 1.10. The van der Waals surface area contributed by atoms with E-state index in [-0.39, 0.29) is 5.75 Å². The van der Waals surface area contributed by atoms with Gasteiger partial charge in [-0.15, -0.1) is 0 Å². The van der Waals surface area contributed by atoms with Gasteiger partial charge in [-0.1, -0.05) is 12.1 Å². The highest BCUT2D eigenvalue weighted by molar-refractivity contribution is 5.26. The van der Waals surface area contributed by atoms with Gasteiger partial charge in [0.1, 0.15) is 0 Å². The van der Waals surface area contributed by atoms with Crippen LogP contribution >= 0.6 is 0 Å². The summed E-state index contributed by atoms with van der Waals surface area (Å²) in [6.45, 7) is 0.784. The van der Waals surface area contributed by atoms with Gasteiger partial charge in [-0.2, -0.15) is 0 Å². The van der Waals surface area contributed by atoms with E-state index in [1.54, 1.807) is 12.1 Å². The van der Waals surface area contributed by atoms with Gasteiger partial charge in [0.05, 0.1) is 0 Å². The van der Waals surface area contributed by atoms with Gasteiger partial charge in [-0.25, -0.2) is 0 Å². The van der Waals surface area contributed by atoms with Crippen molar-refractivity contribution >= 4 is 0 Å². The van der Waals surface area contributed by atoms with E-state index in [1.807, 2.05) is 19.2 Å². The molecule has 0 saturated carbocycles. The molecule has 0 spiro atoms. The summed E-state index contributed by atoms with van der Waals surface area (Å²) in [7, 11) is 1.86. The Hall–Kier alpha value is -1.09. The molecule has 0 aliphatic heterocycles. The zero-order chi connectivity index (χ0) is 8.10. The molecule has 0 fully saturated rings. The molecule has 1 rings (SSSR count). The molecular weight excluding hydrogens is 145 g/mol. The molecule has 1 N–H and O–H groups in total. The lowest BCUT2D eigenvalue weighted by molar-refractivity contribution is -0.00622. The predicted octanol–water partition coefficient (Wildman–Crippen LogP) is 1.67. The number of halogens is 1.